The van der Waals surface area contributed by atoms with E-state index >= 15 is 0 Å². The predicted octanol–water partition coefficient (Wildman–Crippen LogP) is 3.89. The summed E-state index contributed by atoms with van der Waals surface area (Å²) in [5, 5.41) is 1.38. The van der Waals surface area contributed by atoms with Crippen LogP contribution in [0.25, 0.3) is 10.8 Å². The molecule has 0 bridgehead atoms. The van der Waals surface area contributed by atoms with Crippen LogP contribution in [0.15, 0.2) is 48.8 Å². The van der Waals surface area contributed by atoms with Crippen molar-refractivity contribution in [2.24, 2.45) is 0 Å². The lowest BCUT2D eigenvalue weighted by molar-refractivity contribution is 0.419. The first-order valence-electron chi connectivity index (χ1n) is 5.91. The number of nitrogens with zero attached hydrogens (tertiary/aromatic N) is 1. The van der Waals surface area contributed by atoms with Crippen molar-refractivity contribution in [3.63, 3.8) is 0 Å². The Balaban J connectivity index is 2.12. The van der Waals surface area contributed by atoms with Crippen molar-refractivity contribution in [3.8, 4) is 11.5 Å². The zero-order valence-electron chi connectivity index (χ0n) is 10.3. The molecule has 0 saturated heterocycles. The molecule has 0 spiro atoms. The van der Waals surface area contributed by atoms with Crippen molar-refractivity contribution in [1.82, 2.24) is 4.98 Å². The number of pyridine rings is 1. The zero-order valence-corrected chi connectivity index (χ0v) is 10.3. The van der Waals surface area contributed by atoms with Crippen molar-refractivity contribution < 1.29 is 13.5 Å². The van der Waals surface area contributed by atoms with E-state index in [1.165, 1.54) is 12.1 Å². The van der Waals surface area contributed by atoms with Crippen LogP contribution in [-0.4, -0.2) is 4.98 Å². The predicted molar refractivity (Wildman–Crippen MR) is 72.6 cm³/mol. The summed E-state index contributed by atoms with van der Waals surface area (Å²) in [5.41, 5.74) is 6.38. The van der Waals surface area contributed by atoms with Crippen LogP contribution in [0.1, 0.15) is 0 Å². The third-order valence-electron chi connectivity index (χ3n) is 2.95. The topological polar surface area (TPSA) is 48.1 Å². The number of hydrogen-bond acceptors (Lipinski definition) is 3. The summed E-state index contributed by atoms with van der Waals surface area (Å²) in [4.78, 5) is 3.98. The number of nitrogens with two attached hydrogens (primary N) is 1. The number of ether oxygens (including phenoxy) is 1. The molecule has 3 aromatic rings. The highest BCUT2D eigenvalue weighted by molar-refractivity contribution is 5.96. The van der Waals surface area contributed by atoms with Gasteiger partial charge in [-0.25, -0.2) is 4.39 Å². The molecule has 2 aromatic carbocycles. The maximum Gasteiger partial charge on any atom is 0.201 e. The lowest BCUT2D eigenvalue weighted by Crippen LogP contribution is -1.94. The molecule has 1 heterocycles. The highest BCUT2D eigenvalue weighted by atomic mass is 19.2. The molecule has 5 heteroatoms. The monoisotopic (exact) mass is 272 g/mol. The summed E-state index contributed by atoms with van der Waals surface area (Å²) < 4.78 is 32.3. The molecule has 0 atom stereocenters. The summed E-state index contributed by atoms with van der Waals surface area (Å²) >= 11 is 0. The van der Waals surface area contributed by atoms with Crippen LogP contribution in [0.5, 0.6) is 11.5 Å². The lowest BCUT2D eigenvalue weighted by atomic mass is 10.1. The average Bonchev–Trinajstić information content (AvgIpc) is 2.47. The second kappa shape index (κ2) is 4.77. The van der Waals surface area contributed by atoms with Crippen molar-refractivity contribution in [1.29, 1.82) is 0 Å². The number of hydrogen-bond donors (Lipinski definition) is 1. The minimum absolute atomic E-state index is 0.173. The minimum Gasteiger partial charge on any atom is -0.454 e. The van der Waals surface area contributed by atoms with E-state index in [0.717, 1.165) is 6.07 Å². The van der Waals surface area contributed by atoms with E-state index in [-0.39, 0.29) is 5.75 Å². The first-order valence-corrected chi connectivity index (χ1v) is 5.91. The Labute approximate surface area is 113 Å². The SMILES string of the molecule is Nc1ccc(Oc2cccc(F)c2F)c2ccncc12. The largest absolute Gasteiger partial charge is 0.454 e. The molecule has 1 aromatic heterocycles. The normalized spacial score (nSPS) is 10.7. The van der Waals surface area contributed by atoms with Gasteiger partial charge in [0.1, 0.15) is 5.75 Å². The van der Waals surface area contributed by atoms with Gasteiger partial charge < -0.3 is 10.5 Å². The number of anilines is 1. The Morgan fingerprint density at radius 2 is 1.80 bits per heavy atom. The van der Waals surface area contributed by atoms with Crippen LogP contribution in [-0.2, 0) is 0 Å². The Morgan fingerprint density at radius 3 is 2.65 bits per heavy atom. The van der Waals surface area contributed by atoms with Gasteiger partial charge in [0.2, 0.25) is 5.82 Å². The quantitative estimate of drug-likeness (QED) is 0.720. The molecule has 3 rings (SSSR count). The molecule has 0 fully saturated rings. The highest BCUT2D eigenvalue weighted by Crippen LogP contribution is 2.33. The number of aromatic nitrogens is 1. The van der Waals surface area contributed by atoms with Crippen LogP contribution in [0.4, 0.5) is 14.5 Å². The van der Waals surface area contributed by atoms with E-state index in [4.69, 9.17) is 10.5 Å². The first kappa shape index (κ1) is 12.3. The van der Waals surface area contributed by atoms with Crippen molar-refractivity contribution in [3.05, 3.63) is 60.4 Å². The number of halogens is 2. The fraction of sp³-hybridized carbons (Fsp3) is 0. The van der Waals surface area contributed by atoms with Crippen LogP contribution in [0.2, 0.25) is 0 Å². The third kappa shape index (κ3) is 2.03. The fourth-order valence-electron chi connectivity index (χ4n) is 1.95. The summed E-state index contributed by atoms with van der Waals surface area (Å²) in [7, 11) is 0. The van der Waals surface area contributed by atoms with Gasteiger partial charge in [0.05, 0.1) is 0 Å². The van der Waals surface area contributed by atoms with Gasteiger partial charge in [-0.05, 0) is 30.3 Å². The van der Waals surface area contributed by atoms with Crippen molar-refractivity contribution in [2.75, 3.05) is 5.73 Å². The molecule has 0 aliphatic rings. The van der Waals surface area contributed by atoms with E-state index in [0.29, 0.717) is 22.2 Å². The molecular formula is C15H10F2N2O. The molecule has 20 heavy (non-hydrogen) atoms. The Kier molecular flexibility index (Phi) is 2.95. The minimum atomic E-state index is -1.02. The lowest BCUT2D eigenvalue weighted by Gasteiger charge is -2.11. The van der Waals surface area contributed by atoms with Gasteiger partial charge in [0.15, 0.2) is 11.6 Å². The van der Waals surface area contributed by atoms with Gasteiger partial charge in [-0.1, -0.05) is 6.07 Å². The summed E-state index contributed by atoms with van der Waals surface area (Å²) in [5.74, 6) is -1.76. The Hall–Kier alpha value is -2.69. The molecule has 0 aliphatic heterocycles. The molecule has 0 amide bonds. The summed E-state index contributed by atoms with van der Waals surface area (Å²) in [6, 6.07) is 8.74. The summed E-state index contributed by atoms with van der Waals surface area (Å²) in [6.07, 6.45) is 3.18. The van der Waals surface area contributed by atoms with E-state index < -0.39 is 11.6 Å². The van der Waals surface area contributed by atoms with E-state index in [2.05, 4.69) is 4.98 Å². The number of rotatable bonds is 2. The van der Waals surface area contributed by atoms with Crippen LogP contribution >= 0.6 is 0 Å². The Morgan fingerprint density at radius 1 is 0.950 bits per heavy atom. The van der Waals surface area contributed by atoms with E-state index in [1.54, 1.807) is 30.6 Å². The number of fused-ring (bicyclic) bond motifs is 1. The van der Waals surface area contributed by atoms with E-state index in [9.17, 15) is 8.78 Å². The van der Waals surface area contributed by atoms with E-state index in [1.807, 2.05) is 0 Å². The second-order valence-electron chi connectivity index (χ2n) is 4.23. The van der Waals surface area contributed by atoms with Crippen LogP contribution in [0.3, 0.4) is 0 Å². The smallest absolute Gasteiger partial charge is 0.201 e. The molecule has 0 radical (unpaired) electrons. The molecule has 0 unspecified atom stereocenters. The third-order valence-corrected chi connectivity index (χ3v) is 2.95. The van der Waals surface area contributed by atoms with Gasteiger partial charge in [0.25, 0.3) is 0 Å². The zero-order chi connectivity index (χ0) is 14.1. The fourth-order valence-corrected chi connectivity index (χ4v) is 1.95. The average molecular weight is 272 g/mol. The first-order chi connectivity index (χ1) is 9.66. The van der Waals surface area contributed by atoms with Crippen molar-refractivity contribution >= 4 is 16.5 Å². The van der Waals surface area contributed by atoms with Crippen molar-refractivity contribution in [2.45, 2.75) is 0 Å². The molecule has 0 saturated carbocycles. The van der Waals surface area contributed by atoms with Crippen LogP contribution < -0.4 is 10.5 Å². The molecule has 2 N–H and O–H groups in total. The Bertz CT molecular complexity index is 790. The number of nitrogen functional groups attached to an aromatic ring is 1. The van der Waals surface area contributed by atoms with Gasteiger partial charge in [-0.3, -0.25) is 4.98 Å². The maximum atomic E-state index is 13.6. The highest BCUT2D eigenvalue weighted by Gasteiger charge is 2.12. The molecule has 100 valence electrons. The molecule has 3 nitrogen and oxygen atoms in total. The van der Waals surface area contributed by atoms with Gasteiger partial charge in [-0.15, -0.1) is 0 Å². The second-order valence-corrected chi connectivity index (χ2v) is 4.23. The number of benzene rings is 2. The van der Waals surface area contributed by atoms with Gasteiger partial charge >= 0.3 is 0 Å². The maximum absolute atomic E-state index is 13.6. The molecule has 0 aliphatic carbocycles. The summed E-state index contributed by atoms with van der Waals surface area (Å²) in [6.45, 7) is 0. The van der Waals surface area contributed by atoms with Gasteiger partial charge in [-0.2, -0.15) is 4.39 Å². The standard InChI is InChI=1S/C15H10F2N2O/c16-11-2-1-3-14(15(11)17)20-13-5-4-12(18)10-8-19-7-6-9(10)13/h1-8H,18H2. The van der Waals surface area contributed by atoms with Crippen LogP contribution in [0, 0.1) is 11.6 Å². The molecular weight excluding hydrogens is 262 g/mol. The van der Waals surface area contributed by atoms with Gasteiger partial charge in [0, 0.05) is 28.9 Å².